The van der Waals surface area contributed by atoms with Crippen LogP contribution in [0, 0.1) is 12.8 Å². The number of aryl methyl sites for hydroxylation is 1. The van der Waals surface area contributed by atoms with Crippen LogP contribution in [0.1, 0.15) is 25.0 Å². The van der Waals surface area contributed by atoms with Crippen molar-refractivity contribution in [3.05, 3.63) is 35.4 Å². The van der Waals surface area contributed by atoms with Crippen molar-refractivity contribution in [3.8, 4) is 0 Å². The van der Waals surface area contributed by atoms with Gasteiger partial charge in [0, 0.05) is 5.75 Å². The zero-order valence-corrected chi connectivity index (χ0v) is 14.3. The molecule has 0 heterocycles. The Morgan fingerprint density at radius 1 is 1.22 bits per heavy atom. The maximum atomic E-state index is 11.9. The molecule has 0 spiro atoms. The first-order valence-electron chi connectivity index (χ1n) is 7.22. The van der Waals surface area contributed by atoms with Crippen molar-refractivity contribution in [3.63, 3.8) is 0 Å². The second-order valence-electron chi connectivity index (χ2n) is 5.49. The van der Waals surface area contributed by atoms with E-state index in [9.17, 15) is 14.4 Å². The van der Waals surface area contributed by atoms with Gasteiger partial charge in [-0.05, 0) is 18.4 Å². The number of hydrogen-bond donors (Lipinski definition) is 2. The third-order valence-electron chi connectivity index (χ3n) is 2.98. The number of nitrogens with two attached hydrogens (primary N) is 1. The SMILES string of the molecule is Cc1ccc(CSCC(=O)O[C@@H](C(=O)NC(N)=O)C(C)C)cc1. The molecule has 0 unspecified atom stereocenters. The third-order valence-corrected chi connectivity index (χ3v) is 3.96. The number of ether oxygens (including phenoxy) is 1. The number of imide groups is 1. The molecule has 3 N–H and O–H groups in total. The number of benzene rings is 1. The minimum Gasteiger partial charge on any atom is -0.451 e. The maximum absolute atomic E-state index is 11.9. The molecular formula is C16H22N2O4S. The fourth-order valence-corrected chi connectivity index (χ4v) is 2.56. The summed E-state index contributed by atoms with van der Waals surface area (Å²) in [6.45, 7) is 5.45. The minimum atomic E-state index is -1.03. The second-order valence-corrected chi connectivity index (χ2v) is 6.47. The van der Waals surface area contributed by atoms with Gasteiger partial charge in [0.05, 0.1) is 5.75 Å². The fraction of sp³-hybridized carbons (Fsp3) is 0.438. The van der Waals surface area contributed by atoms with Crippen LogP contribution in [0.4, 0.5) is 4.79 Å². The topological polar surface area (TPSA) is 98.5 Å². The smallest absolute Gasteiger partial charge is 0.318 e. The quantitative estimate of drug-likeness (QED) is 0.741. The van der Waals surface area contributed by atoms with Gasteiger partial charge in [0.25, 0.3) is 5.91 Å². The number of esters is 1. The molecule has 1 aromatic rings. The number of carbonyl (C=O) groups is 3. The summed E-state index contributed by atoms with van der Waals surface area (Å²) in [6, 6.07) is 7.06. The number of urea groups is 1. The monoisotopic (exact) mass is 338 g/mol. The zero-order valence-electron chi connectivity index (χ0n) is 13.5. The average molecular weight is 338 g/mol. The second kappa shape index (κ2) is 9.19. The van der Waals surface area contributed by atoms with Crippen LogP contribution in [-0.2, 0) is 20.1 Å². The minimum absolute atomic E-state index is 0.126. The number of nitrogens with one attached hydrogen (secondary N) is 1. The third kappa shape index (κ3) is 7.19. The van der Waals surface area contributed by atoms with Crippen LogP contribution >= 0.6 is 11.8 Å². The fourth-order valence-electron chi connectivity index (χ4n) is 1.80. The molecule has 0 radical (unpaired) electrons. The number of carbonyl (C=O) groups excluding carboxylic acids is 3. The van der Waals surface area contributed by atoms with Gasteiger partial charge >= 0.3 is 12.0 Å². The molecule has 0 aliphatic carbocycles. The van der Waals surface area contributed by atoms with Crippen LogP contribution in [0.25, 0.3) is 0 Å². The Morgan fingerprint density at radius 2 is 1.83 bits per heavy atom. The normalized spacial score (nSPS) is 11.8. The molecular weight excluding hydrogens is 316 g/mol. The van der Waals surface area contributed by atoms with Crippen molar-refractivity contribution < 1.29 is 19.1 Å². The lowest BCUT2D eigenvalue weighted by molar-refractivity contribution is -0.155. The Balaban J connectivity index is 2.44. The molecule has 0 aliphatic rings. The number of thioether (sulfide) groups is 1. The first kappa shape index (κ1) is 19.0. The lowest BCUT2D eigenvalue weighted by Crippen LogP contribution is -2.45. The summed E-state index contributed by atoms with van der Waals surface area (Å²) in [5, 5.41) is 1.93. The summed E-state index contributed by atoms with van der Waals surface area (Å²) in [4.78, 5) is 34.3. The van der Waals surface area contributed by atoms with Gasteiger partial charge < -0.3 is 10.5 Å². The lowest BCUT2D eigenvalue weighted by Gasteiger charge is -2.19. The largest absolute Gasteiger partial charge is 0.451 e. The number of rotatable bonds is 7. The van der Waals surface area contributed by atoms with Gasteiger partial charge in [-0.25, -0.2) is 4.79 Å². The Bertz CT molecular complexity index is 558. The zero-order chi connectivity index (χ0) is 17.4. The van der Waals surface area contributed by atoms with E-state index >= 15 is 0 Å². The molecule has 0 saturated carbocycles. The molecule has 3 amide bonds. The van der Waals surface area contributed by atoms with Crippen molar-refractivity contribution in [2.45, 2.75) is 32.6 Å². The molecule has 23 heavy (non-hydrogen) atoms. The van der Waals surface area contributed by atoms with Crippen molar-refractivity contribution in [2.75, 3.05) is 5.75 Å². The highest BCUT2D eigenvalue weighted by Crippen LogP contribution is 2.15. The van der Waals surface area contributed by atoms with E-state index in [0.717, 1.165) is 5.56 Å². The Hall–Kier alpha value is -2.02. The number of amides is 3. The lowest BCUT2D eigenvalue weighted by atomic mass is 10.1. The highest BCUT2D eigenvalue weighted by Gasteiger charge is 2.27. The molecule has 1 atom stereocenters. The van der Waals surface area contributed by atoms with E-state index < -0.39 is 24.0 Å². The predicted molar refractivity (Wildman–Crippen MR) is 89.8 cm³/mol. The van der Waals surface area contributed by atoms with E-state index in [1.54, 1.807) is 13.8 Å². The highest BCUT2D eigenvalue weighted by atomic mass is 32.2. The van der Waals surface area contributed by atoms with E-state index in [2.05, 4.69) is 0 Å². The summed E-state index contributed by atoms with van der Waals surface area (Å²) < 4.78 is 5.15. The van der Waals surface area contributed by atoms with Crippen LogP contribution in [-0.4, -0.2) is 29.8 Å². The Kier molecular flexibility index (Phi) is 7.61. The van der Waals surface area contributed by atoms with Crippen molar-refractivity contribution in [2.24, 2.45) is 11.7 Å². The van der Waals surface area contributed by atoms with Gasteiger partial charge in [-0.3, -0.25) is 14.9 Å². The summed E-state index contributed by atoms with van der Waals surface area (Å²) in [5.41, 5.74) is 7.19. The van der Waals surface area contributed by atoms with Gasteiger partial charge in [0.2, 0.25) is 0 Å². The first-order valence-corrected chi connectivity index (χ1v) is 8.38. The van der Waals surface area contributed by atoms with Crippen LogP contribution in [0.2, 0.25) is 0 Å². The van der Waals surface area contributed by atoms with Crippen LogP contribution in [0.3, 0.4) is 0 Å². The molecule has 1 aromatic carbocycles. The van der Waals surface area contributed by atoms with Crippen LogP contribution < -0.4 is 11.1 Å². The predicted octanol–water partition coefficient (Wildman–Crippen LogP) is 1.99. The Labute approximate surface area is 140 Å². The van der Waals surface area contributed by atoms with Gasteiger partial charge in [-0.15, -0.1) is 11.8 Å². The average Bonchev–Trinajstić information content (AvgIpc) is 2.45. The van der Waals surface area contributed by atoms with Crippen LogP contribution in [0.15, 0.2) is 24.3 Å². The molecule has 0 aromatic heterocycles. The molecule has 0 aliphatic heterocycles. The van der Waals surface area contributed by atoms with E-state index in [0.29, 0.717) is 5.75 Å². The van der Waals surface area contributed by atoms with E-state index in [1.165, 1.54) is 17.3 Å². The summed E-state index contributed by atoms with van der Waals surface area (Å²) in [6.07, 6.45) is -1.03. The Morgan fingerprint density at radius 3 is 2.35 bits per heavy atom. The summed E-state index contributed by atoms with van der Waals surface area (Å²) in [7, 11) is 0. The maximum Gasteiger partial charge on any atom is 0.318 e. The number of hydrogen-bond acceptors (Lipinski definition) is 5. The highest BCUT2D eigenvalue weighted by molar-refractivity contribution is 7.99. The van der Waals surface area contributed by atoms with E-state index in [4.69, 9.17) is 10.5 Å². The summed E-state index contributed by atoms with van der Waals surface area (Å²) in [5.74, 6) is -0.666. The van der Waals surface area contributed by atoms with Gasteiger partial charge in [-0.1, -0.05) is 43.7 Å². The van der Waals surface area contributed by atoms with E-state index in [-0.39, 0.29) is 11.7 Å². The van der Waals surface area contributed by atoms with Gasteiger partial charge in [-0.2, -0.15) is 0 Å². The van der Waals surface area contributed by atoms with Crippen molar-refractivity contribution >= 4 is 29.7 Å². The standard InChI is InChI=1S/C16H22N2O4S/c1-10(2)14(15(20)18-16(17)21)22-13(19)9-23-8-12-6-4-11(3)5-7-12/h4-7,10,14H,8-9H2,1-3H3,(H3,17,18,20,21)/t14-/m1/s1. The van der Waals surface area contributed by atoms with Crippen LogP contribution in [0.5, 0.6) is 0 Å². The molecule has 0 saturated heterocycles. The molecule has 126 valence electrons. The molecule has 6 nitrogen and oxygen atoms in total. The molecule has 0 bridgehead atoms. The molecule has 0 fully saturated rings. The number of primary amides is 1. The summed E-state index contributed by atoms with van der Waals surface area (Å²) >= 11 is 1.40. The molecule has 1 rings (SSSR count). The van der Waals surface area contributed by atoms with Crippen molar-refractivity contribution in [1.29, 1.82) is 0 Å². The van der Waals surface area contributed by atoms with Gasteiger partial charge in [0.1, 0.15) is 0 Å². The van der Waals surface area contributed by atoms with Gasteiger partial charge in [0.15, 0.2) is 6.10 Å². The van der Waals surface area contributed by atoms with E-state index in [1.807, 2.05) is 36.5 Å². The van der Waals surface area contributed by atoms with Crippen molar-refractivity contribution in [1.82, 2.24) is 5.32 Å². The molecule has 7 heteroatoms. The first-order chi connectivity index (χ1) is 10.8.